The van der Waals surface area contributed by atoms with E-state index in [-0.39, 0.29) is 10.8 Å². The fraction of sp³-hybridized carbons (Fsp3) is 0.0952. The minimum Gasteiger partial charge on any atom is -0.322 e. The van der Waals surface area contributed by atoms with Crippen LogP contribution >= 0.6 is 0 Å². The first kappa shape index (κ1) is 18.7. The molecule has 3 aromatic carbocycles. The lowest BCUT2D eigenvalue weighted by Gasteiger charge is -2.11. The Morgan fingerprint density at radius 3 is 2.15 bits per heavy atom. The van der Waals surface area contributed by atoms with E-state index in [0.29, 0.717) is 11.3 Å². The Kier molecular flexibility index (Phi) is 5.57. The first-order chi connectivity index (χ1) is 13.0. The molecule has 0 aliphatic rings. The second kappa shape index (κ2) is 8.05. The van der Waals surface area contributed by atoms with Crippen LogP contribution in [0.25, 0.3) is 0 Å². The van der Waals surface area contributed by atoms with E-state index in [1.165, 1.54) is 12.1 Å². The highest BCUT2D eigenvalue weighted by atomic mass is 32.2. The molecule has 2 N–H and O–H groups in total. The molecule has 3 rings (SSSR count). The predicted molar refractivity (Wildman–Crippen MR) is 107 cm³/mol. The molecule has 138 valence electrons. The highest BCUT2D eigenvalue weighted by Crippen LogP contribution is 2.19. The van der Waals surface area contributed by atoms with E-state index in [2.05, 4.69) is 10.0 Å². The normalized spacial score (nSPS) is 11.0. The van der Waals surface area contributed by atoms with Gasteiger partial charge in [0.2, 0.25) is 0 Å². The summed E-state index contributed by atoms with van der Waals surface area (Å²) >= 11 is 0. The number of rotatable bonds is 6. The standard InChI is InChI=1S/C21H20N2O3S/c1-2-16-8-6-7-11-20(16)22-21(24)17-12-14-18(15-13-17)23-27(25,26)19-9-4-3-5-10-19/h3-15,23H,2H2,1H3,(H,22,24). The average molecular weight is 380 g/mol. The van der Waals surface area contributed by atoms with Crippen molar-refractivity contribution in [3.05, 3.63) is 90.0 Å². The molecule has 0 heterocycles. The van der Waals surface area contributed by atoms with Crippen LogP contribution in [0, 0.1) is 0 Å². The summed E-state index contributed by atoms with van der Waals surface area (Å²) in [6.45, 7) is 2.03. The maximum absolute atomic E-state index is 12.5. The van der Waals surface area contributed by atoms with Crippen molar-refractivity contribution in [2.75, 3.05) is 10.0 Å². The maximum atomic E-state index is 12.5. The summed E-state index contributed by atoms with van der Waals surface area (Å²) in [6.07, 6.45) is 0.816. The largest absolute Gasteiger partial charge is 0.322 e. The molecule has 0 aromatic heterocycles. The zero-order valence-electron chi connectivity index (χ0n) is 14.8. The van der Waals surface area contributed by atoms with Gasteiger partial charge in [0, 0.05) is 16.9 Å². The van der Waals surface area contributed by atoms with Crippen LogP contribution in [0.4, 0.5) is 11.4 Å². The summed E-state index contributed by atoms with van der Waals surface area (Å²) in [5.41, 5.74) is 2.67. The van der Waals surface area contributed by atoms with Gasteiger partial charge in [-0.2, -0.15) is 0 Å². The molecule has 3 aromatic rings. The van der Waals surface area contributed by atoms with Gasteiger partial charge in [-0.25, -0.2) is 8.42 Å². The fourth-order valence-corrected chi connectivity index (χ4v) is 3.73. The monoisotopic (exact) mass is 380 g/mol. The molecule has 6 heteroatoms. The molecule has 0 saturated carbocycles. The number of sulfonamides is 1. The first-order valence-electron chi connectivity index (χ1n) is 8.57. The van der Waals surface area contributed by atoms with Gasteiger partial charge < -0.3 is 5.32 Å². The Balaban J connectivity index is 1.72. The predicted octanol–water partition coefficient (Wildman–Crippen LogP) is 4.30. The summed E-state index contributed by atoms with van der Waals surface area (Å²) in [5.74, 6) is -0.242. The third kappa shape index (κ3) is 4.54. The van der Waals surface area contributed by atoms with Crippen LogP contribution in [0.1, 0.15) is 22.8 Å². The summed E-state index contributed by atoms with van der Waals surface area (Å²) in [5, 5.41) is 2.89. The van der Waals surface area contributed by atoms with Crippen LogP contribution in [-0.2, 0) is 16.4 Å². The van der Waals surface area contributed by atoms with Crippen molar-refractivity contribution in [2.24, 2.45) is 0 Å². The Labute approximate surface area is 159 Å². The lowest BCUT2D eigenvalue weighted by Crippen LogP contribution is -2.14. The van der Waals surface area contributed by atoms with Gasteiger partial charge in [0.1, 0.15) is 0 Å². The van der Waals surface area contributed by atoms with E-state index in [9.17, 15) is 13.2 Å². The molecule has 0 radical (unpaired) electrons. The van der Waals surface area contributed by atoms with E-state index >= 15 is 0 Å². The maximum Gasteiger partial charge on any atom is 0.261 e. The number of carbonyl (C=O) groups is 1. The number of para-hydroxylation sites is 1. The molecular formula is C21H20N2O3S. The van der Waals surface area contributed by atoms with Crippen molar-refractivity contribution in [2.45, 2.75) is 18.2 Å². The van der Waals surface area contributed by atoms with Crippen LogP contribution in [0.3, 0.4) is 0 Å². The van der Waals surface area contributed by atoms with Crippen molar-refractivity contribution in [1.29, 1.82) is 0 Å². The van der Waals surface area contributed by atoms with E-state index in [1.54, 1.807) is 42.5 Å². The number of amides is 1. The molecule has 1 amide bonds. The Hall–Kier alpha value is -3.12. The summed E-state index contributed by atoms with van der Waals surface area (Å²) in [4.78, 5) is 12.6. The smallest absolute Gasteiger partial charge is 0.261 e. The van der Waals surface area contributed by atoms with Gasteiger partial charge in [-0.05, 0) is 54.4 Å². The number of aryl methyl sites for hydroxylation is 1. The van der Waals surface area contributed by atoms with Crippen LogP contribution in [-0.4, -0.2) is 14.3 Å². The van der Waals surface area contributed by atoms with Crippen LogP contribution in [0.2, 0.25) is 0 Å². The molecule has 0 unspecified atom stereocenters. The quantitative estimate of drug-likeness (QED) is 0.669. The van der Waals surface area contributed by atoms with Gasteiger partial charge in [0.15, 0.2) is 0 Å². The third-order valence-corrected chi connectivity index (χ3v) is 5.50. The van der Waals surface area contributed by atoms with Gasteiger partial charge in [-0.1, -0.05) is 43.3 Å². The molecule has 0 bridgehead atoms. The second-order valence-electron chi connectivity index (χ2n) is 5.96. The van der Waals surface area contributed by atoms with Gasteiger partial charge >= 0.3 is 0 Å². The van der Waals surface area contributed by atoms with Crippen molar-refractivity contribution < 1.29 is 13.2 Å². The summed E-state index contributed by atoms with van der Waals surface area (Å²) in [7, 11) is -3.65. The number of anilines is 2. The second-order valence-corrected chi connectivity index (χ2v) is 7.64. The number of hydrogen-bond donors (Lipinski definition) is 2. The number of nitrogens with one attached hydrogen (secondary N) is 2. The third-order valence-electron chi connectivity index (χ3n) is 4.10. The van der Waals surface area contributed by atoms with Gasteiger partial charge in [0.05, 0.1) is 4.90 Å². The fourth-order valence-electron chi connectivity index (χ4n) is 2.65. The van der Waals surface area contributed by atoms with Gasteiger partial charge in [-0.15, -0.1) is 0 Å². The van der Waals surface area contributed by atoms with E-state index in [1.807, 2.05) is 31.2 Å². The number of benzene rings is 3. The van der Waals surface area contributed by atoms with Crippen LogP contribution in [0.15, 0.2) is 83.8 Å². The van der Waals surface area contributed by atoms with Crippen molar-refractivity contribution in [3.63, 3.8) is 0 Å². The average Bonchev–Trinajstić information content (AvgIpc) is 2.69. The number of hydrogen-bond acceptors (Lipinski definition) is 3. The molecule has 0 spiro atoms. The van der Waals surface area contributed by atoms with Crippen molar-refractivity contribution >= 4 is 27.3 Å². The molecule has 0 aliphatic heterocycles. The minimum atomic E-state index is -3.65. The van der Waals surface area contributed by atoms with E-state index in [0.717, 1.165) is 17.7 Å². The zero-order chi connectivity index (χ0) is 19.3. The molecule has 5 nitrogen and oxygen atoms in total. The SMILES string of the molecule is CCc1ccccc1NC(=O)c1ccc(NS(=O)(=O)c2ccccc2)cc1. The topological polar surface area (TPSA) is 75.3 Å². The van der Waals surface area contributed by atoms with Crippen molar-refractivity contribution in [3.8, 4) is 0 Å². The van der Waals surface area contributed by atoms with Gasteiger partial charge in [-0.3, -0.25) is 9.52 Å². The summed E-state index contributed by atoms with van der Waals surface area (Å²) in [6, 6.07) is 22.1. The highest BCUT2D eigenvalue weighted by molar-refractivity contribution is 7.92. The van der Waals surface area contributed by atoms with E-state index in [4.69, 9.17) is 0 Å². The molecule has 27 heavy (non-hydrogen) atoms. The molecule has 0 atom stereocenters. The van der Waals surface area contributed by atoms with E-state index < -0.39 is 10.0 Å². The molecule has 0 aliphatic carbocycles. The number of carbonyl (C=O) groups excluding carboxylic acids is 1. The molecular weight excluding hydrogens is 360 g/mol. The van der Waals surface area contributed by atoms with Gasteiger partial charge in [0.25, 0.3) is 15.9 Å². The summed E-state index contributed by atoms with van der Waals surface area (Å²) < 4.78 is 27.2. The van der Waals surface area contributed by atoms with Crippen LogP contribution in [0.5, 0.6) is 0 Å². The lowest BCUT2D eigenvalue weighted by atomic mass is 10.1. The first-order valence-corrected chi connectivity index (χ1v) is 10.0. The van der Waals surface area contributed by atoms with Crippen LogP contribution < -0.4 is 10.0 Å². The highest BCUT2D eigenvalue weighted by Gasteiger charge is 2.14. The lowest BCUT2D eigenvalue weighted by molar-refractivity contribution is 0.102. The molecule has 0 fully saturated rings. The Morgan fingerprint density at radius 2 is 1.48 bits per heavy atom. The minimum absolute atomic E-state index is 0.183. The Morgan fingerprint density at radius 1 is 0.852 bits per heavy atom. The Bertz CT molecular complexity index is 1030. The van der Waals surface area contributed by atoms with Crippen molar-refractivity contribution in [1.82, 2.24) is 0 Å². The molecule has 0 saturated heterocycles. The zero-order valence-corrected chi connectivity index (χ0v) is 15.7.